The van der Waals surface area contributed by atoms with E-state index < -0.39 is 0 Å². The van der Waals surface area contributed by atoms with E-state index in [2.05, 4.69) is 16.8 Å². The summed E-state index contributed by atoms with van der Waals surface area (Å²) < 4.78 is 5.34. The minimum absolute atomic E-state index is 0.0431. The highest BCUT2D eigenvalue weighted by molar-refractivity contribution is 7.09. The minimum atomic E-state index is -0.217. The number of rotatable bonds is 4. The zero-order valence-electron chi connectivity index (χ0n) is 9.44. The van der Waals surface area contributed by atoms with E-state index in [1.807, 2.05) is 13.0 Å². The van der Waals surface area contributed by atoms with Crippen molar-refractivity contribution in [2.45, 2.75) is 38.3 Å². The van der Waals surface area contributed by atoms with Gasteiger partial charge in [0.25, 0.3) is 0 Å². The summed E-state index contributed by atoms with van der Waals surface area (Å²) in [7, 11) is 0. The highest BCUT2D eigenvalue weighted by atomic mass is 32.1. The van der Waals surface area contributed by atoms with E-state index in [4.69, 9.17) is 4.74 Å². The van der Waals surface area contributed by atoms with E-state index in [0.717, 1.165) is 25.9 Å². The summed E-state index contributed by atoms with van der Waals surface area (Å²) in [5, 5.41) is 5.06. The maximum Gasteiger partial charge on any atom is 0.249 e. The van der Waals surface area contributed by atoms with Gasteiger partial charge < -0.3 is 10.1 Å². The van der Waals surface area contributed by atoms with Gasteiger partial charge >= 0.3 is 0 Å². The fourth-order valence-electron chi connectivity index (χ4n) is 1.90. The Labute approximate surface area is 99.8 Å². The van der Waals surface area contributed by atoms with Crippen LogP contribution in [-0.4, -0.2) is 24.7 Å². The molecule has 1 amide bonds. The summed E-state index contributed by atoms with van der Waals surface area (Å²) in [5.74, 6) is 0.0431. The van der Waals surface area contributed by atoms with Gasteiger partial charge in [-0.25, -0.2) is 0 Å². The smallest absolute Gasteiger partial charge is 0.249 e. The Hall–Kier alpha value is -0.870. The number of nitrogens with one attached hydrogen (secondary N) is 1. The fourth-order valence-corrected chi connectivity index (χ4v) is 2.74. The van der Waals surface area contributed by atoms with Crippen LogP contribution in [-0.2, 0) is 16.0 Å². The zero-order valence-corrected chi connectivity index (χ0v) is 10.3. The van der Waals surface area contributed by atoms with E-state index in [0.29, 0.717) is 0 Å². The van der Waals surface area contributed by atoms with Crippen molar-refractivity contribution >= 4 is 17.2 Å². The molecule has 2 unspecified atom stereocenters. The lowest BCUT2D eigenvalue weighted by Crippen LogP contribution is -2.40. The Morgan fingerprint density at radius 2 is 2.62 bits per heavy atom. The molecule has 0 saturated carbocycles. The van der Waals surface area contributed by atoms with Crippen LogP contribution in [0.1, 0.15) is 24.6 Å². The third kappa shape index (κ3) is 3.06. The lowest BCUT2D eigenvalue weighted by atomic mass is 10.2. The second-order valence-electron chi connectivity index (χ2n) is 4.19. The van der Waals surface area contributed by atoms with Crippen molar-refractivity contribution in [2.75, 3.05) is 6.61 Å². The highest BCUT2D eigenvalue weighted by Crippen LogP contribution is 2.14. The summed E-state index contributed by atoms with van der Waals surface area (Å²) in [5.41, 5.74) is 0. The fraction of sp³-hybridized carbons (Fsp3) is 0.583. The van der Waals surface area contributed by atoms with E-state index in [1.54, 1.807) is 11.3 Å². The Balaban J connectivity index is 1.78. The molecule has 0 aliphatic carbocycles. The number of hydrogen-bond donors (Lipinski definition) is 1. The molecule has 0 radical (unpaired) electrons. The van der Waals surface area contributed by atoms with Crippen molar-refractivity contribution in [3.05, 3.63) is 22.4 Å². The van der Waals surface area contributed by atoms with Crippen LogP contribution >= 0.6 is 11.3 Å². The van der Waals surface area contributed by atoms with E-state index in [-0.39, 0.29) is 18.1 Å². The monoisotopic (exact) mass is 239 g/mol. The summed E-state index contributed by atoms with van der Waals surface area (Å²) in [6.07, 6.45) is 2.54. The molecule has 1 N–H and O–H groups in total. The first-order chi connectivity index (χ1) is 7.75. The van der Waals surface area contributed by atoms with Gasteiger partial charge in [0.15, 0.2) is 0 Å². The number of hydrogen-bond acceptors (Lipinski definition) is 3. The van der Waals surface area contributed by atoms with Gasteiger partial charge in [-0.3, -0.25) is 4.79 Å². The van der Waals surface area contributed by atoms with Crippen molar-refractivity contribution in [2.24, 2.45) is 0 Å². The lowest BCUT2D eigenvalue weighted by Gasteiger charge is -2.16. The van der Waals surface area contributed by atoms with Gasteiger partial charge in [0.1, 0.15) is 6.10 Å². The van der Waals surface area contributed by atoms with Crippen molar-refractivity contribution in [1.29, 1.82) is 0 Å². The zero-order chi connectivity index (χ0) is 11.4. The Morgan fingerprint density at radius 3 is 3.25 bits per heavy atom. The lowest BCUT2D eigenvalue weighted by molar-refractivity contribution is -0.130. The maximum atomic E-state index is 11.8. The summed E-state index contributed by atoms with van der Waals surface area (Å²) in [6, 6.07) is 4.31. The van der Waals surface area contributed by atoms with Gasteiger partial charge in [0, 0.05) is 23.9 Å². The molecule has 2 rings (SSSR count). The van der Waals surface area contributed by atoms with Crippen LogP contribution in [0.3, 0.4) is 0 Å². The summed E-state index contributed by atoms with van der Waals surface area (Å²) in [6.45, 7) is 2.75. The van der Waals surface area contributed by atoms with Crippen LogP contribution < -0.4 is 5.32 Å². The molecule has 1 aromatic rings. The Bertz CT molecular complexity index is 331. The second-order valence-corrected chi connectivity index (χ2v) is 5.23. The van der Waals surface area contributed by atoms with Gasteiger partial charge in [-0.15, -0.1) is 11.3 Å². The van der Waals surface area contributed by atoms with E-state index >= 15 is 0 Å². The number of amides is 1. The molecule has 16 heavy (non-hydrogen) atoms. The Kier molecular flexibility index (Phi) is 3.96. The molecular weight excluding hydrogens is 222 g/mol. The first-order valence-corrected chi connectivity index (χ1v) is 6.58. The van der Waals surface area contributed by atoms with Crippen LogP contribution in [0.25, 0.3) is 0 Å². The molecule has 2 atom stereocenters. The van der Waals surface area contributed by atoms with Crippen molar-refractivity contribution < 1.29 is 9.53 Å². The van der Waals surface area contributed by atoms with Gasteiger partial charge in [-0.2, -0.15) is 0 Å². The largest absolute Gasteiger partial charge is 0.368 e. The Morgan fingerprint density at radius 1 is 1.75 bits per heavy atom. The first kappa shape index (κ1) is 11.6. The molecule has 0 bridgehead atoms. The van der Waals surface area contributed by atoms with Crippen LogP contribution in [0.15, 0.2) is 17.5 Å². The number of thiophene rings is 1. The van der Waals surface area contributed by atoms with Gasteiger partial charge in [0.05, 0.1) is 0 Å². The SMILES string of the molecule is CC(Cc1cccs1)NC(=O)C1CCCO1. The molecule has 1 saturated heterocycles. The normalized spacial score (nSPS) is 21.9. The molecule has 3 nitrogen and oxygen atoms in total. The number of carbonyl (C=O) groups is 1. The van der Waals surface area contributed by atoms with Crippen molar-refractivity contribution in [1.82, 2.24) is 5.32 Å². The molecule has 1 aromatic heterocycles. The van der Waals surface area contributed by atoms with Gasteiger partial charge in [0.2, 0.25) is 5.91 Å². The van der Waals surface area contributed by atoms with Crippen LogP contribution in [0.2, 0.25) is 0 Å². The molecule has 88 valence electrons. The number of ether oxygens (including phenoxy) is 1. The van der Waals surface area contributed by atoms with E-state index in [9.17, 15) is 4.79 Å². The quantitative estimate of drug-likeness (QED) is 0.872. The predicted octanol–water partition coefficient (Wildman–Crippen LogP) is 1.97. The molecule has 0 aromatic carbocycles. The third-order valence-electron chi connectivity index (χ3n) is 2.70. The van der Waals surface area contributed by atoms with Crippen LogP contribution in [0.5, 0.6) is 0 Å². The van der Waals surface area contributed by atoms with Crippen molar-refractivity contribution in [3.8, 4) is 0 Å². The molecule has 1 fully saturated rings. The van der Waals surface area contributed by atoms with Crippen LogP contribution in [0, 0.1) is 0 Å². The number of carbonyl (C=O) groups excluding carboxylic acids is 1. The minimum Gasteiger partial charge on any atom is -0.368 e. The summed E-state index contributed by atoms with van der Waals surface area (Å²) in [4.78, 5) is 13.1. The molecular formula is C12H17NO2S. The molecule has 1 aliphatic heterocycles. The van der Waals surface area contributed by atoms with Gasteiger partial charge in [-0.1, -0.05) is 6.07 Å². The first-order valence-electron chi connectivity index (χ1n) is 5.70. The maximum absolute atomic E-state index is 11.8. The molecule has 4 heteroatoms. The predicted molar refractivity (Wildman–Crippen MR) is 64.6 cm³/mol. The van der Waals surface area contributed by atoms with Crippen LogP contribution in [0.4, 0.5) is 0 Å². The topological polar surface area (TPSA) is 38.3 Å². The molecule has 2 heterocycles. The van der Waals surface area contributed by atoms with Gasteiger partial charge in [-0.05, 0) is 31.2 Å². The second kappa shape index (κ2) is 5.46. The third-order valence-corrected chi connectivity index (χ3v) is 3.60. The van der Waals surface area contributed by atoms with E-state index in [1.165, 1.54) is 4.88 Å². The molecule has 0 spiro atoms. The molecule has 1 aliphatic rings. The summed E-state index contributed by atoms with van der Waals surface area (Å²) >= 11 is 1.73. The average Bonchev–Trinajstić information content (AvgIpc) is 2.88. The standard InChI is InChI=1S/C12H17NO2S/c1-9(8-10-4-3-7-16-10)13-12(14)11-5-2-6-15-11/h3-4,7,9,11H,2,5-6,8H2,1H3,(H,13,14). The highest BCUT2D eigenvalue weighted by Gasteiger charge is 2.24. The average molecular weight is 239 g/mol. The van der Waals surface area contributed by atoms with Crippen molar-refractivity contribution in [3.63, 3.8) is 0 Å².